The van der Waals surface area contributed by atoms with E-state index in [1.54, 1.807) is 6.92 Å². The van der Waals surface area contributed by atoms with Crippen molar-refractivity contribution in [2.75, 3.05) is 11.9 Å². The SMILES string of the molecule is Cc1c(C(=O)O)sc2ncnc(NC(C)C(C)CO)c12. The summed E-state index contributed by atoms with van der Waals surface area (Å²) < 4.78 is 0. The molecule has 0 aliphatic carbocycles. The van der Waals surface area contributed by atoms with E-state index < -0.39 is 5.97 Å². The minimum atomic E-state index is -0.951. The lowest BCUT2D eigenvalue weighted by Gasteiger charge is -2.20. The van der Waals surface area contributed by atoms with Gasteiger partial charge in [0.05, 0.1) is 5.39 Å². The number of carboxylic acids is 1. The largest absolute Gasteiger partial charge is 0.477 e. The Labute approximate surface area is 120 Å². The van der Waals surface area contributed by atoms with Crippen molar-refractivity contribution in [1.82, 2.24) is 9.97 Å². The van der Waals surface area contributed by atoms with Crippen LogP contribution in [0.4, 0.5) is 5.82 Å². The molecule has 0 radical (unpaired) electrons. The number of hydrogen-bond donors (Lipinski definition) is 3. The van der Waals surface area contributed by atoms with Gasteiger partial charge in [-0.25, -0.2) is 14.8 Å². The molecular weight excluding hydrogens is 278 g/mol. The summed E-state index contributed by atoms with van der Waals surface area (Å²) >= 11 is 1.15. The lowest BCUT2D eigenvalue weighted by atomic mass is 10.0. The Morgan fingerprint density at radius 1 is 1.45 bits per heavy atom. The third kappa shape index (κ3) is 2.59. The number of aliphatic hydroxyl groups excluding tert-OH is 1. The molecule has 2 aromatic heterocycles. The fourth-order valence-corrected chi connectivity index (χ4v) is 2.89. The van der Waals surface area contributed by atoms with Crippen LogP contribution < -0.4 is 5.32 Å². The normalized spacial score (nSPS) is 14.2. The maximum atomic E-state index is 11.2. The predicted octanol–water partition coefficient (Wildman–Crippen LogP) is 2.13. The van der Waals surface area contributed by atoms with E-state index in [1.807, 2.05) is 13.8 Å². The molecule has 0 bridgehead atoms. The topological polar surface area (TPSA) is 95.3 Å². The summed E-state index contributed by atoms with van der Waals surface area (Å²) in [6.45, 7) is 5.72. The van der Waals surface area contributed by atoms with Gasteiger partial charge in [0.1, 0.15) is 21.9 Å². The molecule has 2 unspecified atom stereocenters. The van der Waals surface area contributed by atoms with Gasteiger partial charge in [0.2, 0.25) is 0 Å². The Kier molecular flexibility index (Phi) is 4.20. The second-order valence-electron chi connectivity index (χ2n) is 4.86. The first-order valence-electron chi connectivity index (χ1n) is 6.30. The number of aliphatic hydroxyl groups is 1. The molecule has 3 N–H and O–H groups in total. The average molecular weight is 295 g/mol. The Bertz CT molecular complexity index is 641. The number of hydrogen-bond acceptors (Lipinski definition) is 6. The second-order valence-corrected chi connectivity index (χ2v) is 5.86. The molecule has 0 spiro atoms. The molecule has 108 valence electrons. The first-order valence-corrected chi connectivity index (χ1v) is 7.12. The predicted molar refractivity (Wildman–Crippen MR) is 78.4 cm³/mol. The first kappa shape index (κ1) is 14.7. The fourth-order valence-electron chi connectivity index (χ4n) is 1.90. The molecule has 0 aromatic carbocycles. The number of rotatable bonds is 5. The second kappa shape index (κ2) is 5.72. The summed E-state index contributed by atoms with van der Waals surface area (Å²) in [4.78, 5) is 20.5. The summed E-state index contributed by atoms with van der Waals surface area (Å²) in [5, 5.41) is 22.3. The van der Waals surface area contributed by atoms with Gasteiger partial charge >= 0.3 is 5.97 Å². The molecule has 6 nitrogen and oxygen atoms in total. The Hall–Kier alpha value is -1.73. The lowest BCUT2D eigenvalue weighted by molar-refractivity contribution is 0.0701. The Morgan fingerprint density at radius 2 is 2.15 bits per heavy atom. The molecule has 2 aromatic rings. The quantitative estimate of drug-likeness (QED) is 0.782. The maximum Gasteiger partial charge on any atom is 0.346 e. The van der Waals surface area contributed by atoms with Gasteiger partial charge in [0.25, 0.3) is 0 Å². The van der Waals surface area contributed by atoms with Crippen molar-refractivity contribution in [2.24, 2.45) is 5.92 Å². The number of aromatic nitrogens is 2. The van der Waals surface area contributed by atoms with E-state index in [0.29, 0.717) is 16.2 Å². The number of fused-ring (bicyclic) bond motifs is 1. The monoisotopic (exact) mass is 295 g/mol. The van der Waals surface area contributed by atoms with E-state index >= 15 is 0 Å². The number of carboxylic acid groups (broad SMARTS) is 1. The van der Waals surface area contributed by atoms with Crippen molar-refractivity contribution in [1.29, 1.82) is 0 Å². The zero-order valence-electron chi connectivity index (χ0n) is 11.5. The summed E-state index contributed by atoms with van der Waals surface area (Å²) in [5.41, 5.74) is 0.671. The number of anilines is 1. The van der Waals surface area contributed by atoms with Gasteiger partial charge in [-0.05, 0) is 25.3 Å². The molecule has 0 saturated carbocycles. The molecule has 20 heavy (non-hydrogen) atoms. The molecule has 0 aliphatic rings. The van der Waals surface area contributed by atoms with E-state index in [1.165, 1.54) is 6.33 Å². The molecule has 0 amide bonds. The zero-order chi connectivity index (χ0) is 14.9. The van der Waals surface area contributed by atoms with Crippen molar-refractivity contribution >= 4 is 33.3 Å². The number of thiophene rings is 1. The van der Waals surface area contributed by atoms with Gasteiger partial charge in [0.15, 0.2) is 0 Å². The summed E-state index contributed by atoms with van der Waals surface area (Å²) in [6.07, 6.45) is 1.42. The van der Waals surface area contributed by atoms with Gasteiger partial charge in [-0.15, -0.1) is 11.3 Å². The van der Waals surface area contributed by atoms with Gasteiger partial charge in [-0.3, -0.25) is 0 Å². The van der Waals surface area contributed by atoms with Crippen LogP contribution in [-0.2, 0) is 0 Å². The van der Waals surface area contributed by atoms with Crippen LogP contribution in [0.1, 0.15) is 29.1 Å². The van der Waals surface area contributed by atoms with E-state index in [2.05, 4.69) is 15.3 Å². The van der Waals surface area contributed by atoms with Crippen molar-refractivity contribution < 1.29 is 15.0 Å². The molecule has 2 atom stereocenters. The van der Waals surface area contributed by atoms with E-state index in [0.717, 1.165) is 16.7 Å². The molecule has 0 saturated heterocycles. The zero-order valence-corrected chi connectivity index (χ0v) is 12.4. The maximum absolute atomic E-state index is 11.2. The first-order chi connectivity index (χ1) is 9.45. The highest BCUT2D eigenvalue weighted by Gasteiger charge is 2.20. The van der Waals surface area contributed by atoms with Crippen LogP contribution in [0.25, 0.3) is 10.2 Å². The molecule has 2 rings (SSSR count). The lowest BCUT2D eigenvalue weighted by Crippen LogP contribution is -2.26. The molecule has 7 heteroatoms. The number of nitrogens with one attached hydrogen (secondary N) is 1. The fraction of sp³-hybridized carbons (Fsp3) is 0.462. The van der Waals surface area contributed by atoms with Crippen molar-refractivity contribution in [3.63, 3.8) is 0 Å². The Balaban J connectivity index is 2.46. The van der Waals surface area contributed by atoms with Crippen LogP contribution in [0.3, 0.4) is 0 Å². The standard InChI is InChI=1S/C13H17N3O3S/c1-6(4-17)8(3)16-11-9-7(2)10(13(18)19)20-12(9)15-5-14-11/h5-6,8,17H,4H2,1-3H3,(H,18,19)(H,14,15,16). The molecule has 0 aliphatic heterocycles. The van der Waals surface area contributed by atoms with Crippen molar-refractivity contribution in [3.8, 4) is 0 Å². The van der Waals surface area contributed by atoms with E-state index in [4.69, 9.17) is 0 Å². The minimum absolute atomic E-state index is 0.0191. The average Bonchev–Trinajstić information content (AvgIpc) is 2.76. The number of carbonyl (C=O) groups is 1. The number of aromatic carboxylic acids is 1. The van der Waals surface area contributed by atoms with E-state index in [-0.39, 0.29) is 23.4 Å². The third-order valence-electron chi connectivity index (χ3n) is 3.43. The van der Waals surface area contributed by atoms with Crippen LogP contribution in [0.5, 0.6) is 0 Å². The van der Waals surface area contributed by atoms with Gasteiger partial charge in [0, 0.05) is 12.6 Å². The van der Waals surface area contributed by atoms with Crippen LogP contribution in [0, 0.1) is 12.8 Å². The van der Waals surface area contributed by atoms with E-state index in [9.17, 15) is 15.0 Å². The van der Waals surface area contributed by atoms with Crippen LogP contribution in [0.2, 0.25) is 0 Å². The highest BCUT2D eigenvalue weighted by Crippen LogP contribution is 2.33. The van der Waals surface area contributed by atoms with Crippen molar-refractivity contribution in [2.45, 2.75) is 26.8 Å². The third-order valence-corrected chi connectivity index (χ3v) is 4.61. The highest BCUT2D eigenvalue weighted by molar-refractivity contribution is 7.20. The molecule has 2 heterocycles. The van der Waals surface area contributed by atoms with Gasteiger partial charge < -0.3 is 15.5 Å². The highest BCUT2D eigenvalue weighted by atomic mass is 32.1. The van der Waals surface area contributed by atoms with Crippen molar-refractivity contribution in [3.05, 3.63) is 16.8 Å². The van der Waals surface area contributed by atoms with Crippen LogP contribution in [0.15, 0.2) is 6.33 Å². The minimum Gasteiger partial charge on any atom is -0.477 e. The van der Waals surface area contributed by atoms with Gasteiger partial charge in [-0.2, -0.15) is 0 Å². The number of nitrogens with zero attached hydrogens (tertiary/aromatic N) is 2. The summed E-state index contributed by atoms with van der Waals surface area (Å²) in [6, 6.07) is 0.0191. The molecular formula is C13H17N3O3S. The molecule has 0 fully saturated rings. The smallest absolute Gasteiger partial charge is 0.346 e. The van der Waals surface area contributed by atoms with Crippen LogP contribution in [-0.4, -0.2) is 38.8 Å². The number of aryl methyl sites for hydroxylation is 1. The Morgan fingerprint density at radius 3 is 2.75 bits per heavy atom. The summed E-state index contributed by atoms with van der Waals surface area (Å²) in [5.74, 6) is -0.268. The van der Waals surface area contributed by atoms with Crippen LogP contribution >= 0.6 is 11.3 Å². The summed E-state index contributed by atoms with van der Waals surface area (Å²) in [7, 11) is 0. The van der Waals surface area contributed by atoms with Gasteiger partial charge in [-0.1, -0.05) is 6.92 Å².